The third kappa shape index (κ3) is 6.11. The Balaban J connectivity index is 0.000000236. The molecule has 2 atom stereocenters. The smallest absolute Gasteiger partial charge is 0.338 e. The first-order valence-corrected chi connectivity index (χ1v) is 8.21. The second-order valence-electron chi connectivity index (χ2n) is 6.32. The first kappa shape index (κ1) is 18.8. The van der Waals surface area contributed by atoms with Crippen molar-refractivity contribution < 1.29 is 19.4 Å². The van der Waals surface area contributed by atoms with Gasteiger partial charge in [-0.15, -0.1) is 0 Å². The number of aryl methyl sites for hydroxylation is 1. The minimum atomic E-state index is -0.959. The molecular formula is C20H23NO4. The fraction of sp³-hybridized carbons (Fsp3) is 0.350. The van der Waals surface area contributed by atoms with Crippen molar-refractivity contribution in [2.24, 2.45) is 5.73 Å². The van der Waals surface area contributed by atoms with E-state index in [0.717, 1.165) is 24.8 Å². The molecule has 0 aliphatic heterocycles. The van der Waals surface area contributed by atoms with Gasteiger partial charge in [-0.1, -0.05) is 24.0 Å². The van der Waals surface area contributed by atoms with E-state index in [1.807, 2.05) is 31.2 Å². The van der Waals surface area contributed by atoms with Crippen LogP contribution in [-0.4, -0.2) is 27.8 Å². The SMILES string of the molecule is Cc1cccc(C#C[C@]2(O)CCC[C@H](N)C2)c1.O=C(O)c1ccoc1. The van der Waals surface area contributed by atoms with Crippen molar-refractivity contribution in [1.82, 2.24) is 0 Å². The summed E-state index contributed by atoms with van der Waals surface area (Å²) >= 11 is 0. The highest BCUT2D eigenvalue weighted by Crippen LogP contribution is 2.26. The van der Waals surface area contributed by atoms with Crippen LogP contribution in [0.5, 0.6) is 0 Å². The Labute approximate surface area is 147 Å². The van der Waals surface area contributed by atoms with Gasteiger partial charge in [-0.3, -0.25) is 0 Å². The zero-order valence-corrected chi connectivity index (χ0v) is 14.2. The number of nitrogens with two attached hydrogens (primary N) is 1. The van der Waals surface area contributed by atoms with Crippen LogP contribution in [-0.2, 0) is 0 Å². The van der Waals surface area contributed by atoms with Gasteiger partial charge in [-0.2, -0.15) is 0 Å². The van der Waals surface area contributed by atoms with Gasteiger partial charge in [0.1, 0.15) is 11.9 Å². The standard InChI is InChI=1S/C15H19NO.C5H4O3/c1-12-4-2-5-13(10-12)7-9-15(17)8-3-6-14(16)11-15;6-5(7)4-1-2-8-3-4/h2,4-5,10,14,17H,3,6,8,11,16H2,1H3;1-3H,(H,6,7)/t14-,15+;/m0./s1. The van der Waals surface area contributed by atoms with Crippen molar-refractivity contribution >= 4 is 5.97 Å². The van der Waals surface area contributed by atoms with Gasteiger partial charge in [-0.25, -0.2) is 4.79 Å². The lowest BCUT2D eigenvalue weighted by Crippen LogP contribution is -2.40. The molecule has 1 heterocycles. The van der Waals surface area contributed by atoms with E-state index in [-0.39, 0.29) is 11.6 Å². The molecule has 0 saturated heterocycles. The minimum absolute atomic E-state index is 0.0839. The third-order valence-electron chi connectivity index (χ3n) is 3.99. The lowest BCUT2D eigenvalue weighted by molar-refractivity contribution is 0.0532. The number of carboxylic acid groups (broad SMARTS) is 1. The van der Waals surface area contributed by atoms with Crippen molar-refractivity contribution in [3.8, 4) is 11.8 Å². The van der Waals surface area contributed by atoms with Gasteiger partial charge in [0.05, 0.1) is 11.8 Å². The number of carbonyl (C=O) groups is 1. The number of carboxylic acids is 1. The van der Waals surface area contributed by atoms with Crippen molar-refractivity contribution in [2.45, 2.75) is 44.2 Å². The van der Waals surface area contributed by atoms with E-state index in [2.05, 4.69) is 16.3 Å². The quantitative estimate of drug-likeness (QED) is 0.693. The molecule has 0 spiro atoms. The van der Waals surface area contributed by atoms with Gasteiger partial charge < -0.3 is 20.4 Å². The van der Waals surface area contributed by atoms with Gasteiger partial charge in [0.15, 0.2) is 0 Å². The molecule has 25 heavy (non-hydrogen) atoms. The fourth-order valence-corrected chi connectivity index (χ4v) is 2.71. The number of furan rings is 1. The molecule has 0 unspecified atom stereocenters. The summed E-state index contributed by atoms with van der Waals surface area (Å²) in [5, 5.41) is 18.5. The van der Waals surface area contributed by atoms with Gasteiger partial charge in [0, 0.05) is 18.0 Å². The van der Waals surface area contributed by atoms with E-state index in [1.54, 1.807) is 0 Å². The first-order valence-electron chi connectivity index (χ1n) is 8.21. The van der Waals surface area contributed by atoms with E-state index in [1.165, 1.54) is 24.2 Å². The Kier molecular flexibility index (Phi) is 6.40. The summed E-state index contributed by atoms with van der Waals surface area (Å²) in [6, 6.07) is 9.49. The van der Waals surface area contributed by atoms with Crippen molar-refractivity contribution in [3.05, 3.63) is 59.5 Å². The maximum atomic E-state index is 10.3. The Morgan fingerprint density at radius 1 is 1.40 bits per heavy atom. The summed E-state index contributed by atoms with van der Waals surface area (Å²) in [5.41, 5.74) is 7.31. The monoisotopic (exact) mass is 341 g/mol. The molecule has 0 radical (unpaired) electrons. The van der Waals surface area contributed by atoms with Gasteiger partial charge in [-0.05, 0) is 49.9 Å². The highest BCUT2D eigenvalue weighted by Gasteiger charge is 2.30. The normalized spacial score (nSPS) is 22.1. The van der Waals surface area contributed by atoms with Crippen molar-refractivity contribution in [2.75, 3.05) is 0 Å². The van der Waals surface area contributed by atoms with Crippen LogP contribution in [0.4, 0.5) is 0 Å². The van der Waals surface area contributed by atoms with Crippen LogP contribution in [0.3, 0.4) is 0 Å². The highest BCUT2D eigenvalue weighted by molar-refractivity contribution is 5.86. The summed E-state index contributed by atoms with van der Waals surface area (Å²) in [5.74, 6) is 5.10. The molecule has 5 nitrogen and oxygen atoms in total. The third-order valence-corrected chi connectivity index (χ3v) is 3.99. The Bertz CT molecular complexity index is 757. The average molecular weight is 341 g/mol. The van der Waals surface area contributed by atoms with E-state index in [0.29, 0.717) is 6.42 Å². The zero-order chi connectivity index (χ0) is 18.3. The molecule has 2 aromatic rings. The summed E-state index contributed by atoms with van der Waals surface area (Å²) in [4.78, 5) is 10.0. The van der Waals surface area contributed by atoms with Crippen LogP contribution in [0.1, 0.15) is 47.2 Å². The van der Waals surface area contributed by atoms with Crippen molar-refractivity contribution in [1.29, 1.82) is 0 Å². The molecule has 1 saturated carbocycles. The molecule has 1 fully saturated rings. The van der Waals surface area contributed by atoms with Crippen LogP contribution in [0.25, 0.3) is 0 Å². The Hall–Kier alpha value is -2.55. The molecule has 4 N–H and O–H groups in total. The molecule has 1 aromatic carbocycles. The van der Waals surface area contributed by atoms with Crippen LogP contribution >= 0.6 is 0 Å². The second kappa shape index (κ2) is 8.52. The van der Waals surface area contributed by atoms with E-state index < -0.39 is 11.6 Å². The van der Waals surface area contributed by atoms with E-state index in [4.69, 9.17) is 10.8 Å². The molecule has 1 aliphatic carbocycles. The molecular weight excluding hydrogens is 318 g/mol. The first-order chi connectivity index (χ1) is 11.9. The van der Waals surface area contributed by atoms with E-state index >= 15 is 0 Å². The minimum Gasteiger partial charge on any atom is -0.478 e. The molecule has 0 amide bonds. The molecule has 5 heteroatoms. The number of aromatic carboxylic acids is 1. The van der Waals surface area contributed by atoms with Gasteiger partial charge in [0.25, 0.3) is 0 Å². The Morgan fingerprint density at radius 2 is 2.20 bits per heavy atom. The maximum absolute atomic E-state index is 10.3. The Morgan fingerprint density at radius 3 is 2.76 bits per heavy atom. The predicted octanol–water partition coefficient (Wildman–Crippen LogP) is 2.96. The average Bonchev–Trinajstić information content (AvgIpc) is 3.08. The number of benzene rings is 1. The van der Waals surface area contributed by atoms with Crippen LogP contribution in [0, 0.1) is 18.8 Å². The molecule has 3 rings (SSSR count). The number of aliphatic hydroxyl groups is 1. The van der Waals surface area contributed by atoms with E-state index in [9.17, 15) is 9.90 Å². The molecule has 132 valence electrons. The van der Waals surface area contributed by atoms with Gasteiger partial charge >= 0.3 is 5.97 Å². The van der Waals surface area contributed by atoms with Crippen LogP contribution in [0.2, 0.25) is 0 Å². The molecule has 0 bridgehead atoms. The predicted molar refractivity (Wildman–Crippen MR) is 95.1 cm³/mol. The summed E-state index contributed by atoms with van der Waals surface area (Å²) in [6.07, 6.45) is 5.78. The molecule has 1 aromatic heterocycles. The summed E-state index contributed by atoms with van der Waals surface area (Å²) < 4.78 is 4.49. The summed E-state index contributed by atoms with van der Waals surface area (Å²) in [7, 11) is 0. The number of hydrogen-bond acceptors (Lipinski definition) is 4. The maximum Gasteiger partial charge on any atom is 0.338 e. The topological polar surface area (TPSA) is 96.7 Å². The lowest BCUT2D eigenvalue weighted by Gasteiger charge is -2.30. The molecule has 1 aliphatic rings. The number of hydrogen-bond donors (Lipinski definition) is 3. The summed E-state index contributed by atoms with van der Waals surface area (Å²) in [6.45, 7) is 2.04. The highest BCUT2D eigenvalue weighted by atomic mass is 16.4. The lowest BCUT2D eigenvalue weighted by atomic mass is 9.82. The largest absolute Gasteiger partial charge is 0.478 e. The number of rotatable bonds is 1. The van der Waals surface area contributed by atoms with Crippen molar-refractivity contribution in [3.63, 3.8) is 0 Å². The van der Waals surface area contributed by atoms with Gasteiger partial charge in [0.2, 0.25) is 0 Å². The van der Waals surface area contributed by atoms with Crippen LogP contribution in [0.15, 0.2) is 47.3 Å². The second-order valence-corrected chi connectivity index (χ2v) is 6.32. The fourth-order valence-electron chi connectivity index (χ4n) is 2.71. The zero-order valence-electron chi connectivity index (χ0n) is 14.2. The van der Waals surface area contributed by atoms with Crippen LogP contribution < -0.4 is 5.73 Å².